The standard InChI is InChI=1S/C13H22O2/c1-3-15-13(12(14)11-4-5-11)8-6-10(2)7-9-13/h10-11H,3-9H2,1-2H3. The summed E-state index contributed by atoms with van der Waals surface area (Å²) in [6.45, 7) is 4.95. The van der Waals surface area contributed by atoms with Gasteiger partial charge in [0.1, 0.15) is 5.60 Å². The molecule has 86 valence electrons. The average molecular weight is 210 g/mol. The molecule has 15 heavy (non-hydrogen) atoms. The van der Waals surface area contributed by atoms with Crippen molar-refractivity contribution in [3.05, 3.63) is 0 Å². The lowest BCUT2D eigenvalue weighted by atomic mass is 9.76. The Morgan fingerprint density at radius 1 is 1.27 bits per heavy atom. The number of rotatable bonds is 4. The van der Waals surface area contributed by atoms with Crippen LogP contribution >= 0.6 is 0 Å². The van der Waals surface area contributed by atoms with E-state index >= 15 is 0 Å². The minimum Gasteiger partial charge on any atom is -0.367 e. The number of ketones is 1. The third-order valence-electron chi connectivity index (χ3n) is 3.90. The summed E-state index contributed by atoms with van der Waals surface area (Å²) in [4.78, 5) is 12.3. The zero-order valence-electron chi connectivity index (χ0n) is 9.92. The Balaban J connectivity index is 2.05. The Bertz CT molecular complexity index is 235. The maximum atomic E-state index is 12.3. The van der Waals surface area contributed by atoms with Crippen molar-refractivity contribution in [2.75, 3.05) is 6.61 Å². The van der Waals surface area contributed by atoms with Crippen LogP contribution in [-0.4, -0.2) is 18.0 Å². The second-order valence-corrected chi connectivity index (χ2v) is 5.25. The zero-order chi connectivity index (χ0) is 10.9. The van der Waals surface area contributed by atoms with Gasteiger partial charge >= 0.3 is 0 Å². The van der Waals surface area contributed by atoms with E-state index < -0.39 is 0 Å². The highest BCUT2D eigenvalue weighted by Gasteiger charge is 2.47. The summed E-state index contributed by atoms with van der Waals surface area (Å²) in [5.41, 5.74) is -0.386. The van der Waals surface area contributed by atoms with Gasteiger partial charge in [-0.25, -0.2) is 0 Å². The minimum atomic E-state index is -0.386. The van der Waals surface area contributed by atoms with Gasteiger partial charge in [-0.05, 0) is 51.4 Å². The van der Waals surface area contributed by atoms with Gasteiger partial charge in [-0.1, -0.05) is 6.92 Å². The van der Waals surface area contributed by atoms with Crippen LogP contribution in [0.3, 0.4) is 0 Å². The van der Waals surface area contributed by atoms with E-state index in [1.54, 1.807) is 0 Å². The molecule has 2 nitrogen and oxygen atoms in total. The van der Waals surface area contributed by atoms with Crippen LogP contribution in [0.4, 0.5) is 0 Å². The summed E-state index contributed by atoms with van der Waals surface area (Å²) in [6.07, 6.45) is 6.41. The van der Waals surface area contributed by atoms with Crippen LogP contribution in [0.1, 0.15) is 52.4 Å². The van der Waals surface area contributed by atoms with Crippen molar-refractivity contribution >= 4 is 5.78 Å². The van der Waals surface area contributed by atoms with Gasteiger partial charge in [-0.15, -0.1) is 0 Å². The Morgan fingerprint density at radius 2 is 1.87 bits per heavy atom. The van der Waals surface area contributed by atoms with Crippen LogP contribution in [0.2, 0.25) is 0 Å². The molecule has 0 unspecified atom stereocenters. The van der Waals surface area contributed by atoms with Crippen LogP contribution in [0.15, 0.2) is 0 Å². The van der Waals surface area contributed by atoms with E-state index in [0.717, 1.165) is 44.4 Å². The molecule has 2 heteroatoms. The molecule has 0 bridgehead atoms. The van der Waals surface area contributed by atoms with Crippen molar-refractivity contribution in [2.24, 2.45) is 11.8 Å². The first-order valence-corrected chi connectivity index (χ1v) is 6.36. The molecule has 0 aromatic rings. The normalized spacial score (nSPS) is 36.5. The van der Waals surface area contributed by atoms with E-state index in [9.17, 15) is 4.79 Å². The van der Waals surface area contributed by atoms with Gasteiger partial charge < -0.3 is 4.74 Å². The molecule has 2 rings (SSSR count). The molecule has 0 N–H and O–H groups in total. The number of hydrogen-bond donors (Lipinski definition) is 0. The van der Waals surface area contributed by atoms with Crippen molar-refractivity contribution in [3.8, 4) is 0 Å². The molecule has 0 spiro atoms. The third kappa shape index (κ3) is 2.25. The van der Waals surface area contributed by atoms with Gasteiger partial charge in [0.25, 0.3) is 0 Å². The third-order valence-corrected chi connectivity index (χ3v) is 3.90. The Morgan fingerprint density at radius 3 is 2.33 bits per heavy atom. The van der Waals surface area contributed by atoms with Gasteiger partial charge in [0.05, 0.1) is 0 Å². The fourth-order valence-corrected chi connectivity index (χ4v) is 2.68. The van der Waals surface area contributed by atoms with E-state index in [-0.39, 0.29) is 5.60 Å². The Kier molecular flexibility index (Phi) is 3.15. The zero-order valence-corrected chi connectivity index (χ0v) is 9.92. The second-order valence-electron chi connectivity index (χ2n) is 5.25. The summed E-state index contributed by atoms with van der Waals surface area (Å²) in [5, 5.41) is 0. The molecular formula is C13H22O2. The van der Waals surface area contributed by atoms with Crippen molar-refractivity contribution in [2.45, 2.75) is 58.0 Å². The molecule has 0 aromatic carbocycles. The molecule has 0 aromatic heterocycles. The summed E-state index contributed by atoms with van der Waals surface area (Å²) in [7, 11) is 0. The minimum absolute atomic E-state index is 0.338. The van der Waals surface area contributed by atoms with Crippen molar-refractivity contribution < 1.29 is 9.53 Å². The van der Waals surface area contributed by atoms with Crippen LogP contribution < -0.4 is 0 Å². The smallest absolute Gasteiger partial charge is 0.167 e. The van der Waals surface area contributed by atoms with Gasteiger partial charge in [0.2, 0.25) is 0 Å². The van der Waals surface area contributed by atoms with Crippen LogP contribution in [0, 0.1) is 11.8 Å². The quantitative estimate of drug-likeness (QED) is 0.713. The highest BCUT2D eigenvalue weighted by atomic mass is 16.5. The molecule has 2 fully saturated rings. The van der Waals surface area contributed by atoms with Gasteiger partial charge in [0.15, 0.2) is 5.78 Å². The first-order chi connectivity index (χ1) is 7.18. The lowest BCUT2D eigenvalue weighted by Gasteiger charge is -2.38. The maximum Gasteiger partial charge on any atom is 0.167 e. The number of hydrogen-bond acceptors (Lipinski definition) is 2. The van der Waals surface area contributed by atoms with Crippen LogP contribution in [0.5, 0.6) is 0 Å². The van der Waals surface area contributed by atoms with Crippen molar-refractivity contribution in [1.29, 1.82) is 0 Å². The van der Waals surface area contributed by atoms with E-state index in [4.69, 9.17) is 4.74 Å². The predicted octanol–water partition coefficient (Wildman–Crippen LogP) is 2.95. The molecule has 0 aliphatic heterocycles. The largest absolute Gasteiger partial charge is 0.367 e. The average Bonchev–Trinajstić information content (AvgIpc) is 3.05. The second kappa shape index (κ2) is 4.25. The Labute approximate surface area is 92.4 Å². The fraction of sp³-hybridized carbons (Fsp3) is 0.923. The number of ether oxygens (including phenoxy) is 1. The number of carbonyl (C=O) groups is 1. The predicted molar refractivity (Wildman–Crippen MR) is 59.7 cm³/mol. The number of Topliss-reactive ketones (excluding diaryl/α,β-unsaturated/α-hetero) is 1. The summed E-state index contributed by atoms with van der Waals surface area (Å²) in [5.74, 6) is 1.52. The van der Waals surface area contributed by atoms with Crippen molar-refractivity contribution in [3.63, 3.8) is 0 Å². The lowest BCUT2D eigenvalue weighted by molar-refractivity contribution is -0.151. The SMILES string of the molecule is CCOC1(C(=O)C2CC2)CCC(C)CC1. The highest BCUT2D eigenvalue weighted by molar-refractivity contribution is 5.91. The molecule has 0 radical (unpaired) electrons. The van der Waals surface area contributed by atoms with E-state index in [1.165, 1.54) is 0 Å². The molecule has 2 aliphatic carbocycles. The molecule has 0 saturated heterocycles. The fourth-order valence-electron chi connectivity index (χ4n) is 2.68. The van der Waals surface area contributed by atoms with E-state index in [0.29, 0.717) is 18.3 Å². The van der Waals surface area contributed by atoms with E-state index in [1.807, 2.05) is 6.92 Å². The first-order valence-electron chi connectivity index (χ1n) is 6.36. The monoisotopic (exact) mass is 210 g/mol. The summed E-state index contributed by atoms with van der Waals surface area (Å²) in [6, 6.07) is 0. The topological polar surface area (TPSA) is 26.3 Å². The van der Waals surface area contributed by atoms with Gasteiger partial charge in [-0.2, -0.15) is 0 Å². The van der Waals surface area contributed by atoms with Crippen LogP contribution in [-0.2, 0) is 9.53 Å². The maximum absolute atomic E-state index is 12.3. The summed E-state index contributed by atoms with van der Waals surface area (Å²) >= 11 is 0. The van der Waals surface area contributed by atoms with Crippen molar-refractivity contribution in [1.82, 2.24) is 0 Å². The molecule has 0 heterocycles. The van der Waals surface area contributed by atoms with Gasteiger partial charge in [-0.3, -0.25) is 4.79 Å². The van der Waals surface area contributed by atoms with E-state index in [2.05, 4.69) is 6.92 Å². The molecule has 2 saturated carbocycles. The summed E-state index contributed by atoms with van der Waals surface area (Å²) < 4.78 is 5.83. The lowest BCUT2D eigenvalue weighted by Crippen LogP contribution is -2.45. The van der Waals surface area contributed by atoms with Crippen LogP contribution in [0.25, 0.3) is 0 Å². The first kappa shape index (κ1) is 11.1. The molecule has 0 amide bonds. The number of carbonyl (C=O) groups excluding carboxylic acids is 1. The Hall–Kier alpha value is -0.370. The molecular weight excluding hydrogens is 188 g/mol. The molecule has 0 atom stereocenters. The highest BCUT2D eigenvalue weighted by Crippen LogP contribution is 2.42. The van der Waals surface area contributed by atoms with Gasteiger partial charge in [0, 0.05) is 12.5 Å². The molecule has 2 aliphatic rings.